The van der Waals surface area contributed by atoms with Gasteiger partial charge in [-0.15, -0.1) is 20.5 Å². The number of hydrogen-bond acceptors (Lipinski definition) is 14. The van der Waals surface area contributed by atoms with Crippen molar-refractivity contribution in [2.24, 2.45) is 20.5 Å². The first-order valence-electron chi connectivity index (χ1n) is 15.7. The topological polar surface area (TPSA) is 153 Å². The highest BCUT2D eigenvalue weighted by molar-refractivity contribution is 7.30. The number of benzene rings is 2. The number of thiazole rings is 1. The van der Waals surface area contributed by atoms with E-state index in [9.17, 15) is 14.4 Å². The smallest absolute Gasteiger partial charge is 0.347 e. The molecular formula is C35H38N6O6S2. The number of carbonyl (C=O) groups excluding carboxylic acids is 3. The maximum atomic E-state index is 11.9. The number of rotatable bonds is 19. The molecule has 0 aliphatic rings. The number of azo groups is 2. The Bertz CT molecular complexity index is 1780. The van der Waals surface area contributed by atoms with Crippen LogP contribution in [0.4, 0.5) is 27.2 Å². The molecule has 12 nitrogen and oxygen atoms in total. The molecule has 2 aromatic carbocycles. The quantitative estimate of drug-likeness (QED) is 0.0333. The van der Waals surface area contributed by atoms with Crippen molar-refractivity contribution in [3.05, 3.63) is 85.0 Å². The Morgan fingerprint density at radius 1 is 0.878 bits per heavy atom. The molecule has 4 aromatic rings. The van der Waals surface area contributed by atoms with Crippen LogP contribution in [0.3, 0.4) is 0 Å². The molecule has 1 N–H and O–H groups in total. The van der Waals surface area contributed by atoms with Gasteiger partial charge in [-0.05, 0) is 80.6 Å². The van der Waals surface area contributed by atoms with Crippen molar-refractivity contribution in [3.8, 4) is 0 Å². The predicted molar refractivity (Wildman–Crippen MR) is 192 cm³/mol. The Morgan fingerprint density at radius 2 is 1.65 bits per heavy atom. The predicted octanol–water partition coefficient (Wildman–Crippen LogP) is 9.40. The van der Waals surface area contributed by atoms with Crippen LogP contribution < -0.4 is 5.32 Å². The van der Waals surface area contributed by atoms with Crippen LogP contribution in [0.2, 0.25) is 0 Å². The zero-order chi connectivity index (χ0) is 35.0. The fourth-order valence-corrected chi connectivity index (χ4v) is 6.17. The van der Waals surface area contributed by atoms with Crippen LogP contribution in [0.5, 0.6) is 0 Å². The number of carbonyl (C=O) groups is 3. The average molecular weight is 703 g/mol. The molecule has 0 bridgehead atoms. The van der Waals surface area contributed by atoms with Crippen LogP contribution >= 0.6 is 22.7 Å². The van der Waals surface area contributed by atoms with Gasteiger partial charge in [0.25, 0.3) is 0 Å². The van der Waals surface area contributed by atoms with E-state index in [0.29, 0.717) is 23.8 Å². The number of esters is 3. The van der Waals surface area contributed by atoms with Crippen LogP contribution in [-0.2, 0) is 35.0 Å². The fraction of sp³-hybridized carbons (Fsp3) is 0.314. The van der Waals surface area contributed by atoms with Gasteiger partial charge < -0.3 is 19.5 Å². The van der Waals surface area contributed by atoms with E-state index in [1.807, 2.05) is 49.4 Å². The largest absolute Gasteiger partial charge is 0.463 e. The maximum absolute atomic E-state index is 11.9. The van der Waals surface area contributed by atoms with Crippen LogP contribution in [0.25, 0.3) is 9.53 Å². The van der Waals surface area contributed by atoms with E-state index in [4.69, 9.17) is 14.2 Å². The van der Waals surface area contributed by atoms with E-state index < -0.39 is 18.0 Å². The minimum atomic E-state index is -0.994. The number of nitrogens with one attached hydrogen (secondary N) is 1. The van der Waals surface area contributed by atoms with Gasteiger partial charge in [0.2, 0.25) is 5.13 Å². The van der Waals surface area contributed by atoms with Crippen LogP contribution in [0.1, 0.15) is 43.7 Å². The molecule has 1 atom stereocenters. The summed E-state index contributed by atoms with van der Waals surface area (Å²) in [7, 11) is 0. The Morgan fingerprint density at radius 3 is 2.39 bits per heavy atom. The number of anilines is 1. The Labute approximate surface area is 292 Å². The van der Waals surface area contributed by atoms with E-state index in [0.717, 1.165) is 75.3 Å². The SMILES string of the molecule is C=CC(=O)OCCCCCCNc1ccc(/N=N/c2nc3sc(/N=N/c4ccc(CCOC(=O)C(C)OC(=O)C=C)cc4)cc3s2)c(C)c1. The molecule has 0 saturated carbocycles. The van der Waals surface area contributed by atoms with Gasteiger partial charge >= 0.3 is 17.9 Å². The highest BCUT2D eigenvalue weighted by Crippen LogP contribution is 2.39. The van der Waals surface area contributed by atoms with Crippen LogP contribution in [-0.4, -0.2) is 48.8 Å². The summed E-state index contributed by atoms with van der Waals surface area (Å²) in [5.74, 6) is -1.66. The summed E-state index contributed by atoms with van der Waals surface area (Å²) in [6, 6.07) is 15.4. The number of unbranched alkanes of at least 4 members (excludes halogenated alkanes) is 3. The van der Waals surface area contributed by atoms with Crippen molar-refractivity contribution < 1.29 is 28.6 Å². The first kappa shape index (κ1) is 36.8. The molecule has 0 aliphatic heterocycles. The standard InChI is InChI=1S/C35H38N6O6S2/c1-5-31(42)45-19-10-8-7-9-18-36-27-15-16-28(23(3)21-27)39-41-35-37-33-29(48-35)22-30(49-33)40-38-26-13-11-25(12-14-26)17-20-46-34(44)24(4)47-32(43)6-2/h5-6,11-16,21-22,24,36H,1-2,7-10,17-20H2,3-4H3/b40-38+,41-39+. The van der Waals surface area contributed by atoms with Gasteiger partial charge in [0.05, 0.1) is 29.3 Å². The second kappa shape index (κ2) is 19.1. The molecule has 4 rings (SSSR count). The molecule has 0 amide bonds. The summed E-state index contributed by atoms with van der Waals surface area (Å²) < 4.78 is 16.0. The molecule has 0 radical (unpaired) electrons. The molecule has 0 saturated heterocycles. The highest BCUT2D eigenvalue weighted by Gasteiger charge is 2.17. The lowest BCUT2D eigenvalue weighted by Gasteiger charge is -2.11. The number of thiophene rings is 1. The van der Waals surface area contributed by atoms with E-state index in [-0.39, 0.29) is 12.6 Å². The van der Waals surface area contributed by atoms with Gasteiger partial charge in [0.15, 0.2) is 6.10 Å². The monoisotopic (exact) mass is 702 g/mol. The lowest BCUT2D eigenvalue weighted by Crippen LogP contribution is -2.26. The molecule has 0 spiro atoms. The van der Waals surface area contributed by atoms with E-state index in [2.05, 4.69) is 50.0 Å². The van der Waals surface area contributed by atoms with Gasteiger partial charge in [-0.1, -0.05) is 54.4 Å². The fourth-order valence-electron chi connectivity index (χ4n) is 4.32. The lowest BCUT2D eigenvalue weighted by atomic mass is 10.1. The van der Waals surface area contributed by atoms with E-state index in [1.165, 1.54) is 35.7 Å². The van der Waals surface area contributed by atoms with Gasteiger partial charge in [-0.25, -0.2) is 19.4 Å². The molecule has 256 valence electrons. The minimum Gasteiger partial charge on any atom is -0.463 e. The van der Waals surface area contributed by atoms with Crippen molar-refractivity contribution in [3.63, 3.8) is 0 Å². The third kappa shape index (κ3) is 12.1. The van der Waals surface area contributed by atoms with Crippen molar-refractivity contribution in [2.45, 2.75) is 52.1 Å². The van der Waals surface area contributed by atoms with Crippen molar-refractivity contribution in [1.29, 1.82) is 0 Å². The Kier molecular flexibility index (Phi) is 14.3. The molecule has 0 aliphatic carbocycles. The Balaban J connectivity index is 1.20. The zero-order valence-electron chi connectivity index (χ0n) is 27.4. The van der Waals surface area contributed by atoms with Gasteiger partial charge in [0, 0.05) is 30.8 Å². The van der Waals surface area contributed by atoms with Gasteiger partial charge in [-0.3, -0.25) is 0 Å². The van der Waals surface area contributed by atoms with Crippen molar-refractivity contribution >= 4 is 77.3 Å². The average Bonchev–Trinajstić information content (AvgIpc) is 3.67. The third-order valence-electron chi connectivity index (χ3n) is 6.94. The number of ether oxygens (including phenoxy) is 3. The molecule has 49 heavy (non-hydrogen) atoms. The number of hydrogen-bond donors (Lipinski definition) is 1. The highest BCUT2D eigenvalue weighted by atomic mass is 32.1. The summed E-state index contributed by atoms with van der Waals surface area (Å²) in [5.41, 5.74) is 4.46. The molecule has 2 aromatic heterocycles. The van der Waals surface area contributed by atoms with Crippen molar-refractivity contribution in [1.82, 2.24) is 4.98 Å². The summed E-state index contributed by atoms with van der Waals surface area (Å²) in [6.45, 7) is 11.6. The zero-order valence-corrected chi connectivity index (χ0v) is 29.1. The maximum Gasteiger partial charge on any atom is 0.347 e. The van der Waals surface area contributed by atoms with Crippen LogP contribution in [0.15, 0.2) is 94.3 Å². The number of aryl methyl sites for hydroxylation is 1. The van der Waals surface area contributed by atoms with Crippen LogP contribution in [0, 0.1) is 6.92 Å². The first-order valence-corrected chi connectivity index (χ1v) is 17.3. The van der Waals surface area contributed by atoms with E-state index >= 15 is 0 Å². The number of nitrogens with zero attached hydrogens (tertiary/aromatic N) is 5. The summed E-state index contributed by atoms with van der Waals surface area (Å²) in [6.07, 6.45) is 5.61. The number of fused-ring (bicyclic) bond motifs is 1. The van der Waals surface area contributed by atoms with Crippen molar-refractivity contribution in [2.75, 3.05) is 25.1 Å². The number of aromatic nitrogens is 1. The normalized spacial score (nSPS) is 11.9. The summed E-state index contributed by atoms with van der Waals surface area (Å²) in [5, 5.41) is 22.2. The van der Waals surface area contributed by atoms with Gasteiger partial charge in [0.1, 0.15) is 9.83 Å². The second-order valence-corrected chi connectivity index (χ2v) is 12.7. The van der Waals surface area contributed by atoms with E-state index in [1.54, 1.807) is 0 Å². The molecule has 1 unspecified atom stereocenters. The molecular weight excluding hydrogens is 665 g/mol. The summed E-state index contributed by atoms with van der Waals surface area (Å²) >= 11 is 2.86. The third-order valence-corrected chi connectivity index (χ3v) is 8.87. The molecule has 14 heteroatoms. The second-order valence-electron chi connectivity index (χ2n) is 10.7. The summed E-state index contributed by atoms with van der Waals surface area (Å²) in [4.78, 5) is 39.6. The first-order chi connectivity index (χ1) is 23.7. The molecule has 2 heterocycles. The Hall–Kier alpha value is -5.08. The molecule has 0 fully saturated rings. The van der Waals surface area contributed by atoms with Gasteiger partial charge in [-0.2, -0.15) is 0 Å². The minimum absolute atomic E-state index is 0.154. The lowest BCUT2D eigenvalue weighted by molar-refractivity contribution is -0.163.